The van der Waals surface area contributed by atoms with Crippen LogP contribution in [0.3, 0.4) is 0 Å². The molecule has 3 heteroatoms. The molecule has 2 aliphatic heterocycles. The van der Waals surface area contributed by atoms with Crippen LogP contribution in [0.5, 0.6) is 0 Å². The third kappa shape index (κ3) is 1.63. The summed E-state index contributed by atoms with van der Waals surface area (Å²) in [4.78, 5) is 2.56. The molecule has 2 heterocycles. The van der Waals surface area contributed by atoms with Gasteiger partial charge in [0, 0.05) is 17.8 Å². The lowest BCUT2D eigenvalue weighted by Gasteiger charge is -2.40. The van der Waals surface area contributed by atoms with Gasteiger partial charge in [-0.2, -0.15) is 11.8 Å². The van der Waals surface area contributed by atoms with Gasteiger partial charge in [-0.25, -0.2) is 0 Å². The van der Waals surface area contributed by atoms with E-state index in [4.69, 9.17) is 5.73 Å². The fourth-order valence-corrected chi connectivity index (χ4v) is 3.59. The molecule has 2 aliphatic rings. The van der Waals surface area contributed by atoms with Crippen molar-refractivity contribution in [1.82, 2.24) is 4.90 Å². The predicted molar refractivity (Wildman–Crippen MR) is 54.5 cm³/mol. The molecule has 2 N–H and O–H groups in total. The van der Waals surface area contributed by atoms with Crippen LogP contribution in [0.15, 0.2) is 0 Å². The van der Waals surface area contributed by atoms with Crippen LogP contribution in [0.2, 0.25) is 0 Å². The molecule has 0 saturated carbocycles. The fraction of sp³-hybridized carbons (Fsp3) is 1.00. The molecular weight excluding hydrogens is 168 g/mol. The van der Waals surface area contributed by atoms with Crippen molar-refractivity contribution in [2.24, 2.45) is 5.73 Å². The Morgan fingerprint density at radius 3 is 2.67 bits per heavy atom. The van der Waals surface area contributed by atoms with E-state index in [1.165, 1.54) is 38.1 Å². The Kier molecular flexibility index (Phi) is 2.94. The number of thioether (sulfide) groups is 1. The lowest BCUT2D eigenvalue weighted by Crippen LogP contribution is -2.52. The number of hydrogen-bond acceptors (Lipinski definition) is 3. The van der Waals surface area contributed by atoms with Gasteiger partial charge in [0.2, 0.25) is 0 Å². The highest BCUT2D eigenvalue weighted by molar-refractivity contribution is 8.00. The third-order valence-corrected chi connectivity index (χ3v) is 4.50. The van der Waals surface area contributed by atoms with Crippen molar-refractivity contribution in [2.75, 3.05) is 25.4 Å². The number of nitrogens with zero attached hydrogens (tertiary/aromatic N) is 1. The minimum Gasteiger partial charge on any atom is -0.329 e. The molecule has 2 nitrogen and oxygen atoms in total. The smallest absolute Gasteiger partial charge is 0.0337 e. The van der Waals surface area contributed by atoms with E-state index in [0.29, 0.717) is 6.04 Å². The summed E-state index contributed by atoms with van der Waals surface area (Å²) in [6.07, 6.45) is 4.18. The molecule has 2 saturated heterocycles. The Morgan fingerprint density at radius 2 is 2.25 bits per heavy atom. The van der Waals surface area contributed by atoms with Gasteiger partial charge >= 0.3 is 0 Å². The SMILES string of the molecule is NCC(C1CCCS1)N1CCC1. The van der Waals surface area contributed by atoms with Crippen molar-refractivity contribution in [3.63, 3.8) is 0 Å². The summed E-state index contributed by atoms with van der Waals surface area (Å²) >= 11 is 2.13. The van der Waals surface area contributed by atoms with Crippen molar-refractivity contribution < 1.29 is 0 Å². The Hall–Kier alpha value is 0.270. The van der Waals surface area contributed by atoms with Crippen molar-refractivity contribution in [3.05, 3.63) is 0 Å². The minimum atomic E-state index is 0.686. The summed E-state index contributed by atoms with van der Waals surface area (Å²) in [5.41, 5.74) is 5.81. The minimum absolute atomic E-state index is 0.686. The molecule has 0 aromatic heterocycles. The lowest BCUT2D eigenvalue weighted by atomic mass is 10.0. The van der Waals surface area contributed by atoms with Gasteiger partial charge in [0.15, 0.2) is 0 Å². The first-order valence-electron chi connectivity index (χ1n) is 4.97. The molecule has 0 bridgehead atoms. The van der Waals surface area contributed by atoms with Crippen LogP contribution < -0.4 is 5.73 Å². The van der Waals surface area contributed by atoms with Crippen molar-refractivity contribution >= 4 is 11.8 Å². The molecule has 0 spiro atoms. The molecule has 2 fully saturated rings. The number of hydrogen-bond donors (Lipinski definition) is 1. The quantitative estimate of drug-likeness (QED) is 0.710. The Balaban J connectivity index is 1.87. The van der Waals surface area contributed by atoms with Gasteiger partial charge in [0.1, 0.15) is 0 Å². The van der Waals surface area contributed by atoms with Gasteiger partial charge in [0.05, 0.1) is 0 Å². The monoisotopic (exact) mass is 186 g/mol. The van der Waals surface area contributed by atoms with Crippen LogP contribution in [0.4, 0.5) is 0 Å². The van der Waals surface area contributed by atoms with E-state index in [-0.39, 0.29) is 0 Å². The van der Waals surface area contributed by atoms with Gasteiger partial charge in [0.25, 0.3) is 0 Å². The maximum atomic E-state index is 5.81. The van der Waals surface area contributed by atoms with Gasteiger partial charge in [-0.15, -0.1) is 0 Å². The normalized spacial score (nSPS) is 33.2. The molecule has 0 aromatic carbocycles. The lowest BCUT2D eigenvalue weighted by molar-refractivity contribution is 0.119. The summed E-state index contributed by atoms with van der Waals surface area (Å²) in [5, 5.41) is 0.843. The second kappa shape index (κ2) is 3.99. The molecule has 0 radical (unpaired) electrons. The van der Waals surface area contributed by atoms with Crippen LogP contribution in [-0.4, -0.2) is 41.6 Å². The molecule has 0 amide bonds. The number of nitrogens with two attached hydrogens (primary N) is 1. The summed E-state index contributed by atoms with van der Waals surface area (Å²) in [7, 11) is 0. The Morgan fingerprint density at radius 1 is 1.42 bits per heavy atom. The van der Waals surface area contributed by atoms with Crippen molar-refractivity contribution in [3.8, 4) is 0 Å². The Labute approximate surface area is 78.9 Å². The Bertz CT molecular complexity index is 141. The largest absolute Gasteiger partial charge is 0.329 e. The van der Waals surface area contributed by atoms with Crippen molar-refractivity contribution in [2.45, 2.75) is 30.6 Å². The summed E-state index contributed by atoms with van der Waals surface area (Å²) < 4.78 is 0. The van der Waals surface area contributed by atoms with E-state index in [9.17, 15) is 0 Å². The maximum Gasteiger partial charge on any atom is 0.0337 e. The van der Waals surface area contributed by atoms with Gasteiger partial charge in [-0.3, -0.25) is 4.90 Å². The fourth-order valence-electron chi connectivity index (χ4n) is 2.11. The molecule has 0 aromatic rings. The first-order chi connectivity index (χ1) is 5.92. The predicted octanol–water partition coefficient (Wildman–Crippen LogP) is 0.915. The van der Waals surface area contributed by atoms with Crippen LogP contribution in [0.25, 0.3) is 0 Å². The van der Waals surface area contributed by atoms with E-state index >= 15 is 0 Å². The molecular formula is C9H18N2S. The molecule has 70 valence electrons. The second-order valence-electron chi connectivity index (χ2n) is 3.74. The van der Waals surface area contributed by atoms with E-state index in [0.717, 1.165) is 11.8 Å². The first kappa shape index (κ1) is 8.85. The summed E-state index contributed by atoms with van der Waals surface area (Å²) in [6, 6.07) is 0.686. The van der Waals surface area contributed by atoms with E-state index < -0.39 is 0 Å². The van der Waals surface area contributed by atoms with Crippen LogP contribution >= 0.6 is 11.8 Å². The van der Waals surface area contributed by atoms with Gasteiger partial charge in [-0.05, 0) is 38.1 Å². The van der Waals surface area contributed by atoms with E-state index in [1.54, 1.807) is 0 Å². The highest BCUT2D eigenvalue weighted by Gasteiger charge is 2.31. The highest BCUT2D eigenvalue weighted by atomic mass is 32.2. The zero-order valence-electron chi connectivity index (χ0n) is 7.54. The average molecular weight is 186 g/mol. The van der Waals surface area contributed by atoms with Crippen LogP contribution in [0.1, 0.15) is 19.3 Å². The third-order valence-electron chi connectivity index (χ3n) is 3.00. The topological polar surface area (TPSA) is 29.3 Å². The number of likely N-dealkylation sites (tertiary alicyclic amines) is 1. The van der Waals surface area contributed by atoms with Gasteiger partial charge < -0.3 is 5.73 Å². The molecule has 2 atom stereocenters. The summed E-state index contributed by atoms with van der Waals surface area (Å²) in [6.45, 7) is 3.44. The standard InChI is InChI=1S/C9H18N2S/c10-7-8(11-4-2-5-11)9-3-1-6-12-9/h8-9H,1-7,10H2. The molecule has 2 rings (SSSR count). The average Bonchev–Trinajstić information content (AvgIpc) is 2.47. The van der Waals surface area contributed by atoms with Gasteiger partial charge in [-0.1, -0.05) is 0 Å². The van der Waals surface area contributed by atoms with E-state index in [1.807, 2.05) is 0 Å². The second-order valence-corrected chi connectivity index (χ2v) is 5.09. The summed E-state index contributed by atoms with van der Waals surface area (Å²) in [5.74, 6) is 1.36. The number of rotatable bonds is 3. The van der Waals surface area contributed by atoms with Crippen LogP contribution in [0, 0.1) is 0 Å². The van der Waals surface area contributed by atoms with Crippen LogP contribution in [-0.2, 0) is 0 Å². The first-order valence-corrected chi connectivity index (χ1v) is 6.02. The zero-order valence-corrected chi connectivity index (χ0v) is 8.35. The molecule has 2 unspecified atom stereocenters. The molecule has 0 aliphatic carbocycles. The maximum absolute atomic E-state index is 5.81. The highest BCUT2D eigenvalue weighted by Crippen LogP contribution is 2.32. The van der Waals surface area contributed by atoms with E-state index in [2.05, 4.69) is 16.7 Å². The molecule has 12 heavy (non-hydrogen) atoms. The van der Waals surface area contributed by atoms with Crippen molar-refractivity contribution in [1.29, 1.82) is 0 Å². The zero-order chi connectivity index (χ0) is 8.39.